The summed E-state index contributed by atoms with van der Waals surface area (Å²) in [4.78, 5) is 35.3. The number of aryl methyl sites for hydroxylation is 2. The first-order valence-electron chi connectivity index (χ1n) is 8.57. The van der Waals surface area contributed by atoms with Crippen LogP contribution in [0.1, 0.15) is 35.3 Å². The number of ether oxygens (including phenoxy) is 2. The molecule has 0 aliphatic carbocycles. The highest BCUT2D eigenvalue weighted by Gasteiger charge is 2.18. The summed E-state index contributed by atoms with van der Waals surface area (Å²) in [7, 11) is 0. The highest BCUT2D eigenvalue weighted by atomic mass is 16.6. The number of anilines is 1. The van der Waals surface area contributed by atoms with Gasteiger partial charge in [0.05, 0.1) is 0 Å². The molecule has 1 amide bonds. The Morgan fingerprint density at radius 2 is 1.70 bits per heavy atom. The van der Waals surface area contributed by atoms with Gasteiger partial charge >= 0.3 is 5.97 Å². The number of amides is 1. The molecule has 0 saturated carbocycles. The maximum absolute atomic E-state index is 12.1. The zero-order chi connectivity index (χ0) is 20.0. The quantitative estimate of drug-likeness (QED) is 0.597. The average molecular weight is 369 g/mol. The second-order valence-corrected chi connectivity index (χ2v) is 6.31. The highest BCUT2D eigenvalue weighted by Crippen LogP contribution is 2.18. The fourth-order valence-electron chi connectivity index (χ4n) is 2.41. The first-order chi connectivity index (χ1) is 12.8. The molecule has 142 valence electrons. The van der Waals surface area contributed by atoms with Crippen LogP contribution < -0.4 is 10.1 Å². The largest absolute Gasteiger partial charge is 0.482 e. The Morgan fingerprint density at radius 1 is 1.04 bits per heavy atom. The molecule has 2 aromatic carbocycles. The van der Waals surface area contributed by atoms with Crippen LogP contribution in [0, 0.1) is 13.8 Å². The van der Waals surface area contributed by atoms with Crippen LogP contribution in [0.4, 0.5) is 5.69 Å². The zero-order valence-corrected chi connectivity index (χ0v) is 15.9. The molecule has 1 N–H and O–H groups in total. The van der Waals surface area contributed by atoms with Crippen LogP contribution in [0.3, 0.4) is 0 Å². The van der Waals surface area contributed by atoms with Crippen molar-refractivity contribution in [2.45, 2.75) is 33.8 Å². The number of ketones is 1. The highest BCUT2D eigenvalue weighted by molar-refractivity contribution is 5.97. The first kappa shape index (κ1) is 20.2. The van der Waals surface area contributed by atoms with Gasteiger partial charge in [0.25, 0.3) is 5.91 Å². The van der Waals surface area contributed by atoms with Gasteiger partial charge in [0.15, 0.2) is 18.5 Å². The van der Waals surface area contributed by atoms with Gasteiger partial charge < -0.3 is 14.8 Å². The van der Waals surface area contributed by atoms with Crippen LogP contribution >= 0.6 is 0 Å². The van der Waals surface area contributed by atoms with Crippen LogP contribution in [0.5, 0.6) is 5.75 Å². The van der Waals surface area contributed by atoms with Crippen molar-refractivity contribution < 1.29 is 23.9 Å². The molecule has 27 heavy (non-hydrogen) atoms. The predicted octanol–water partition coefficient (Wildman–Crippen LogP) is 3.46. The van der Waals surface area contributed by atoms with E-state index in [2.05, 4.69) is 5.32 Å². The minimum absolute atomic E-state index is 0.0565. The summed E-state index contributed by atoms with van der Waals surface area (Å²) in [6.45, 7) is 6.53. The number of carbonyl (C=O) groups is 3. The Morgan fingerprint density at radius 3 is 2.30 bits per heavy atom. The van der Waals surface area contributed by atoms with Crippen LogP contribution in [-0.2, 0) is 14.3 Å². The maximum Gasteiger partial charge on any atom is 0.344 e. The Labute approximate surface area is 158 Å². The van der Waals surface area contributed by atoms with E-state index in [0.29, 0.717) is 17.0 Å². The molecule has 6 heteroatoms. The third-order valence-electron chi connectivity index (χ3n) is 3.91. The Balaban J connectivity index is 1.84. The Bertz CT molecular complexity index is 842. The predicted molar refractivity (Wildman–Crippen MR) is 102 cm³/mol. The lowest BCUT2D eigenvalue weighted by atomic mass is 10.1. The lowest BCUT2D eigenvalue weighted by molar-refractivity contribution is -0.155. The van der Waals surface area contributed by atoms with E-state index >= 15 is 0 Å². The minimum Gasteiger partial charge on any atom is -0.482 e. The molecular formula is C21H23NO5. The van der Waals surface area contributed by atoms with Gasteiger partial charge in [0, 0.05) is 11.3 Å². The number of Topliss-reactive ketones (excluding diaryl/α,β-unsaturated/α-hetero) is 1. The second-order valence-electron chi connectivity index (χ2n) is 6.31. The molecule has 0 radical (unpaired) electrons. The summed E-state index contributed by atoms with van der Waals surface area (Å²) >= 11 is 0. The SMILES string of the molecule is CC(=O)c1ccc(NC(=O)[C@@H](C)OC(=O)COc2ccc(C)cc2C)cc1. The number of esters is 1. The molecule has 6 nitrogen and oxygen atoms in total. The van der Waals surface area contributed by atoms with Crippen LogP contribution in [0.2, 0.25) is 0 Å². The van der Waals surface area contributed by atoms with E-state index in [1.807, 2.05) is 26.0 Å². The summed E-state index contributed by atoms with van der Waals surface area (Å²) < 4.78 is 10.6. The topological polar surface area (TPSA) is 81.7 Å². The molecule has 1 atom stereocenters. The van der Waals surface area contributed by atoms with Gasteiger partial charge in [-0.15, -0.1) is 0 Å². The number of hydrogen-bond donors (Lipinski definition) is 1. The number of rotatable bonds is 7. The first-order valence-corrected chi connectivity index (χ1v) is 8.57. The number of carbonyl (C=O) groups excluding carboxylic acids is 3. The lowest BCUT2D eigenvalue weighted by Gasteiger charge is -2.14. The van der Waals surface area contributed by atoms with Gasteiger partial charge in [0.1, 0.15) is 5.75 Å². The summed E-state index contributed by atoms with van der Waals surface area (Å²) in [5, 5.41) is 2.63. The van der Waals surface area contributed by atoms with Gasteiger partial charge in [-0.05, 0) is 63.6 Å². The van der Waals surface area contributed by atoms with Gasteiger partial charge in [-0.1, -0.05) is 17.7 Å². The van der Waals surface area contributed by atoms with Crippen molar-refractivity contribution >= 4 is 23.3 Å². The summed E-state index contributed by atoms with van der Waals surface area (Å²) in [5.41, 5.74) is 3.09. The van der Waals surface area contributed by atoms with Gasteiger partial charge in [-0.2, -0.15) is 0 Å². The molecular weight excluding hydrogens is 346 g/mol. The van der Waals surface area contributed by atoms with Gasteiger partial charge in [-0.25, -0.2) is 4.79 Å². The third kappa shape index (κ3) is 5.95. The van der Waals surface area contributed by atoms with Crippen molar-refractivity contribution in [3.63, 3.8) is 0 Å². The fraction of sp³-hybridized carbons (Fsp3) is 0.286. The normalized spacial score (nSPS) is 11.4. The maximum atomic E-state index is 12.1. The Hall–Kier alpha value is -3.15. The molecule has 0 fully saturated rings. The van der Waals surface area contributed by atoms with E-state index < -0.39 is 18.0 Å². The molecule has 0 spiro atoms. The number of benzene rings is 2. The molecule has 0 aliphatic heterocycles. The van der Waals surface area contributed by atoms with Crippen molar-refractivity contribution in [3.05, 3.63) is 59.2 Å². The van der Waals surface area contributed by atoms with Crippen molar-refractivity contribution in [1.82, 2.24) is 0 Å². The van der Waals surface area contributed by atoms with Gasteiger partial charge in [-0.3, -0.25) is 9.59 Å². The van der Waals surface area contributed by atoms with E-state index in [9.17, 15) is 14.4 Å². The summed E-state index contributed by atoms with van der Waals surface area (Å²) in [6, 6.07) is 12.1. The van der Waals surface area contributed by atoms with Crippen LogP contribution in [0.25, 0.3) is 0 Å². The summed E-state index contributed by atoms with van der Waals surface area (Å²) in [5.74, 6) is -0.561. The minimum atomic E-state index is -0.979. The average Bonchev–Trinajstić information content (AvgIpc) is 2.61. The van der Waals surface area contributed by atoms with Crippen molar-refractivity contribution in [3.8, 4) is 5.75 Å². The monoisotopic (exact) mass is 369 g/mol. The molecule has 0 aliphatic rings. The van der Waals surface area contributed by atoms with Crippen molar-refractivity contribution in [2.24, 2.45) is 0 Å². The van der Waals surface area contributed by atoms with E-state index in [-0.39, 0.29) is 12.4 Å². The standard InChI is InChI=1S/C21H23NO5/c1-13-5-10-19(14(2)11-13)26-12-20(24)27-16(4)21(25)22-18-8-6-17(7-9-18)15(3)23/h5-11,16H,12H2,1-4H3,(H,22,25)/t16-/m1/s1. The van der Waals surface area contributed by atoms with Crippen LogP contribution in [0.15, 0.2) is 42.5 Å². The molecule has 0 bridgehead atoms. The second kappa shape index (κ2) is 8.98. The van der Waals surface area contributed by atoms with E-state index in [1.54, 1.807) is 30.3 Å². The molecule has 0 saturated heterocycles. The van der Waals surface area contributed by atoms with E-state index in [0.717, 1.165) is 11.1 Å². The van der Waals surface area contributed by atoms with Crippen molar-refractivity contribution in [2.75, 3.05) is 11.9 Å². The fourth-order valence-corrected chi connectivity index (χ4v) is 2.41. The molecule has 0 unspecified atom stereocenters. The Kier molecular flexibility index (Phi) is 6.71. The zero-order valence-electron chi connectivity index (χ0n) is 15.9. The number of hydrogen-bond acceptors (Lipinski definition) is 5. The van der Waals surface area contributed by atoms with Gasteiger partial charge in [0.2, 0.25) is 0 Å². The van der Waals surface area contributed by atoms with Crippen molar-refractivity contribution in [1.29, 1.82) is 0 Å². The lowest BCUT2D eigenvalue weighted by Crippen LogP contribution is -2.31. The molecule has 2 aromatic rings. The van der Waals surface area contributed by atoms with E-state index in [1.165, 1.54) is 13.8 Å². The number of nitrogens with one attached hydrogen (secondary N) is 1. The van der Waals surface area contributed by atoms with Crippen LogP contribution in [-0.4, -0.2) is 30.4 Å². The van der Waals surface area contributed by atoms with E-state index in [4.69, 9.17) is 9.47 Å². The molecule has 0 heterocycles. The molecule has 2 rings (SSSR count). The summed E-state index contributed by atoms with van der Waals surface area (Å²) in [6.07, 6.45) is -0.979. The smallest absolute Gasteiger partial charge is 0.344 e. The third-order valence-corrected chi connectivity index (χ3v) is 3.91. The molecule has 0 aromatic heterocycles.